The zero-order valence-corrected chi connectivity index (χ0v) is 7.84. The molecule has 0 N–H and O–H groups in total. The lowest BCUT2D eigenvalue weighted by Gasteiger charge is -2.03. The smallest absolute Gasteiger partial charge is 0.333 e. The molecule has 0 saturated carbocycles. The summed E-state index contributed by atoms with van der Waals surface area (Å²) in [5.74, 6) is -0.0345. The summed E-state index contributed by atoms with van der Waals surface area (Å²) < 4.78 is 4.85. The number of ketones is 1. The molecule has 3 heteroatoms. The average Bonchev–Trinajstić information content (AvgIpc) is 2.30. The summed E-state index contributed by atoms with van der Waals surface area (Å²) in [4.78, 5) is 22.3. The van der Waals surface area contributed by atoms with Gasteiger partial charge in [0.1, 0.15) is 5.78 Å². The minimum absolute atomic E-state index is 0.232. The molecule has 0 aromatic carbocycles. The molecular weight excluding hydrogens is 168 g/mol. The Balaban J connectivity index is 2.54. The summed E-state index contributed by atoms with van der Waals surface area (Å²) in [6.45, 7) is 2.17. The second kappa shape index (κ2) is 4.80. The van der Waals surface area contributed by atoms with E-state index in [9.17, 15) is 9.59 Å². The molecule has 1 rings (SSSR count). The molecule has 0 unspecified atom stereocenters. The van der Waals surface area contributed by atoms with Crippen LogP contribution in [0.3, 0.4) is 0 Å². The fourth-order valence-electron chi connectivity index (χ4n) is 1.32. The number of allylic oxidation sites excluding steroid dienone is 1. The number of carbonyl (C=O) groups excluding carboxylic acids is 2. The van der Waals surface area contributed by atoms with Crippen LogP contribution in [-0.4, -0.2) is 18.4 Å². The highest BCUT2D eigenvalue weighted by Gasteiger charge is 2.15. The van der Waals surface area contributed by atoms with E-state index in [0.29, 0.717) is 37.9 Å². The van der Waals surface area contributed by atoms with Crippen LogP contribution in [0.15, 0.2) is 11.6 Å². The Bertz CT molecular complexity index is 241. The summed E-state index contributed by atoms with van der Waals surface area (Å²) in [5, 5.41) is 0. The SMILES string of the molecule is CCOC(=O)C1=CCCC(=O)CC1. The van der Waals surface area contributed by atoms with E-state index in [2.05, 4.69) is 0 Å². The van der Waals surface area contributed by atoms with Crippen molar-refractivity contribution in [3.8, 4) is 0 Å². The average molecular weight is 182 g/mol. The van der Waals surface area contributed by atoms with Crippen LogP contribution < -0.4 is 0 Å². The van der Waals surface area contributed by atoms with Gasteiger partial charge in [-0.15, -0.1) is 0 Å². The zero-order chi connectivity index (χ0) is 9.68. The highest BCUT2D eigenvalue weighted by Crippen LogP contribution is 2.15. The van der Waals surface area contributed by atoms with Crippen molar-refractivity contribution in [2.45, 2.75) is 32.6 Å². The molecule has 0 aromatic rings. The van der Waals surface area contributed by atoms with Crippen molar-refractivity contribution in [1.29, 1.82) is 0 Å². The third kappa shape index (κ3) is 3.01. The van der Waals surface area contributed by atoms with Gasteiger partial charge in [0, 0.05) is 18.4 Å². The molecule has 1 aliphatic rings. The molecule has 1 aliphatic carbocycles. The van der Waals surface area contributed by atoms with E-state index in [-0.39, 0.29) is 11.8 Å². The largest absolute Gasteiger partial charge is 0.463 e. The molecule has 13 heavy (non-hydrogen) atoms. The Morgan fingerprint density at radius 3 is 2.92 bits per heavy atom. The van der Waals surface area contributed by atoms with Gasteiger partial charge in [-0.3, -0.25) is 4.79 Å². The Morgan fingerprint density at radius 2 is 2.23 bits per heavy atom. The van der Waals surface area contributed by atoms with Gasteiger partial charge in [0.05, 0.1) is 6.61 Å². The maximum absolute atomic E-state index is 11.3. The number of Topliss-reactive ketones (excluding diaryl/α,β-unsaturated/α-hetero) is 1. The summed E-state index contributed by atoms with van der Waals surface area (Å²) in [5.41, 5.74) is 0.660. The molecule has 0 bridgehead atoms. The Kier molecular flexibility index (Phi) is 3.68. The quantitative estimate of drug-likeness (QED) is 0.609. The number of rotatable bonds is 2. The maximum atomic E-state index is 11.3. The van der Waals surface area contributed by atoms with Crippen molar-refractivity contribution in [3.63, 3.8) is 0 Å². The molecule has 0 atom stereocenters. The van der Waals surface area contributed by atoms with Crippen molar-refractivity contribution >= 4 is 11.8 Å². The predicted molar refractivity (Wildman–Crippen MR) is 48.2 cm³/mol. The molecule has 0 amide bonds. The molecule has 0 saturated heterocycles. The van der Waals surface area contributed by atoms with Gasteiger partial charge in [-0.25, -0.2) is 4.79 Å². The van der Waals surface area contributed by atoms with Crippen LogP contribution in [0, 0.1) is 0 Å². The summed E-state index contributed by atoms with van der Waals surface area (Å²) in [6.07, 6.45) is 4.07. The molecule has 0 aromatic heterocycles. The first-order chi connectivity index (χ1) is 6.24. The van der Waals surface area contributed by atoms with Crippen LogP contribution in [0.2, 0.25) is 0 Å². The predicted octanol–water partition coefficient (Wildman–Crippen LogP) is 1.62. The van der Waals surface area contributed by atoms with Gasteiger partial charge in [0.2, 0.25) is 0 Å². The topological polar surface area (TPSA) is 43.4 Å². The number of ether oxygens (including phenoxy) is 1. The van der Waals surface area contributed by atoms with E-state index in [1.165, 1.54) is 0 Å². The molecule has 72 valence electrons. The van der Waals surface area contributed by atoms with Crippen molar-refractivity contribution in [2.24, 2.45) is 0 Å². The maximum Gasteiger partial charge on any atom is 0.333 e. The number of hydrogen-bond acceptors (Lipinski definition) is 3. The van der Waals surface area contributed by atoms with E-state index >= 15 is 0 Å². The van der Waals surface area contributed by atoms with Gasteiger partial charge in [-0.2, -0.15) is 0 Å². The van der Waals surface area contributed by atoms with E-state index in [1.807, 2.05) is 6.08 Å². The lowest BCUT2D eigenvalue weighted by Crippen LogP contribution is -2.07. The van der Waals surface area contributed by atoms with Crippen molar-refractivity contribution < 1.29 is 14.3 Å². The lowest BCUT2D eigenvalue weighted by molar-refractivity contribution is -0.138. The molecular formula is C10H14O3. The van der Waals surface area contributed by atoms with Gasteiger partial charge < -0.3 is 4.74 Å². The van der Waals surface area contributed by atoms with Crippen molar-refractivity contribution in [1.82, 2.24) is 0 Å². The molecule has 0 radical (unpaired) electrons. The fraction of sp³-hybridized carbons (Fsp3) is 0.600. The van der Waals surface area contributed by atoms with Crippen molar-refractivity contribution in [3.05, 3.63) is 11.6 Å². The van der Waals surface area contributed by atoms with Crippen LogP contribution in [0.1, 0.15) is 32.6 Å². The Morgan fingerprint density at radius 1 is 1.46 bits per heavy atom. The first-order valence-corrected chi connectivity index (χ1v) is 4.62. The second-order valence-corrected chi connectivity index (χ2v) is 3.03. The van der Waals surface area contributed by atoms with Crippen LogP contribution in [0.25, 0.3) is 0 Å². The van der Waals surface area contributed by atoms with Crippen LogP contribution in [0.4, 0.5) is 0 Å². The van der Waals surface area contributed by atoms with E-state index in [1.54, 1.807) is 6.92 Å². The number of carbonyl (C=O) groups is 2. The summed E-state index contributed by atoms with van der Waals surface area (Å²) >= 11 is 0. The van der Waals surface area contributed by atoms with E-state index < -0.39 is 0 Å². The highest BCUT2D eigenvalue weighted by atomic mass is 16.5. The summed E-state index contributed by atoms with van der Waals surface area (Å²) in [7, 11) is 0. The lowest BCUT2D eigenvalue weighted by atomic mass is 10.1. The molecule has 0 fully saturated rings. The van der Waals surface area contributed by atoms with Crippen molar-refractivity contribution in [2.75, 3.05) is 6.61 Å². The van der Waals surface area contributed by atoms with Gasteiger partial charge in [-0.05, 0) is 19.8 Å². The first kappa shape index (κ1) is 9.96. The highest BCUT2D eigenvalue weighted by molar-refractivity contribution is 5.90. The standard InChI is InChI=1S/C10H14O3/c1-2-13-10(12)8-4-3-5-9(11)7-6-8/h4H,2-3,5-7H2,1H3. The molecule has 0 aliphatic heterocycles. The minimum atomic E-state index is -0.266. The second-order valence-electron chi connectivity index (χ2n) is 3.03. The number of hydrogen-bond donors (Lipinski definition) is 0. The van der Waals surface area contributed by atoms with Crippen LogP contribution in [0.5, 0.6) is 0 Å². The summed E-state index contributed by atoms with van der Waals surface area (Å²) in [6, 6.07) is 0. The molecule has 3 nitrogen and oxygen atoms in total. The van der Waals surface area contributed by atoms with Crippen LogP contribution in [-0.2, 0) is 14.3 Å². The van der Waals surface area contributed by atoms with Gasteiger partial charge in [-0.1, -0.05) is 6.08 Å². The molecule has 0 heterocycles. The zero-order valence-electron chi connectivity index (χ0n) is 7.84. The fourth-order valence-corrected chi connectivity index (χ4v) is 1.32. The normalized spacial score (nSPS) is 17.6. The Hall–Kier alpha value is -1.12. The first-order valence-electron chi connectivity index (χ1n) is 4.62. The van der Waals surface area contributed by atoms with Gasteiger partial charge in [0.25, 0.3) is 0 Å². The third-order valence-corrected chi connectivity index (χ3v) is 2.02. The minimum Gasteiger partial charge on any atom is -0.463 e. The monoisotopic (exact) mass is 182 g/mol. The Labute approximate surface area is 77.8 Å². The number of esters is 1. The van der Waals surface area contributed by atoms with E-state index in [0.717, 1.165) is 0 Å². The van der Waals surface area contributed by atoms with Crippen LogP contribution >= 0.6 is 0 Å². The molecule has 0 spiro atoms. The van der Waals surface area contributed by atoms with Gasteiger partial charge >= 0.3 is 5.97 Å². The third-order valence-electron chi connectivity index (χ3n) is 2.02. The van der Waals surface area contributed by atoms with E-state index in [4.69, 9.17) is 4.74 Å². The van der Waals surface area contributed by atoms with Gasteiger partial charge in [0.15, 0.2) is 0 Å².